The zero-order valence-electron chi connectivity index (χ0n) is 5.74. The molecule has 11 heavy (non-hydrogen) atoms. The molecule has 1 aliphatic rings. The second-order valence-corrected chi connectivity index (χ2v) is 2.20. The minimum Gasteiger partial charge on any atom is -0.478 e. The molecule has 0 saturated carbocycles. The summed E-state index contributed by atoms with van der Waals surface area (Å²) in [5.41, 5.74) is 10.8. The van der Waals surface area contributed by atoms with E-state index in [1.165, 1.54) is 12.2 Å². The number of carboxylic acids is 1. The van der Waals surface area contributed by atoms with Gasteiger partial charge in [-0.05, 0) is 12.2 Å². The number of rotatable bonds is 1. The molecule has 1 rings (SSSR count). The van der Waals surface area contributed by atoms with Gasteiger partial charge in [-0.15, -0.1) is 0 Å². The van der Waals surface area contributed by atoms with Crippen LogP contribution < -0.4 is 16.8 Å². The van der Waals surface area contributed by atoms with Crippen molar-refractivity contribution in [3.63, 3.8) is 0 Å². The van der Waals surface area contributed by atoms with Crippen molar-refractivity contribution in [2.24, 2.45) is 11.5 Å². The van der Waals surface area contributed by atoms with E-state index in [0.29, 0.717) is 0 Å². The predicted molar refractivity (Wildman–Crippen MR) is 39.1 cm³/mol. The molecular weight excluding hydrogens is 146 g/mol. The van der Waals surface area contributed by atoms with Crippen LogP contribution in [0.4, 0.5) is 0 Å². The molecule has 1 atom stereocenters. The molecule has 0 radical (unpaired) electrons. The van der Waals surface area contributed by atoms with Crippen molar-refractivity contribution in [3.8, 4) is 0 Å². The molecule has 0 aliphatic carbocycles. The van der Waals surface area contributed by atoms with Gasteiger partial charge >= 0.3 is 5.97 Å². The Morgan fingerprint density at radius 1 is 1.73 bits per heavy atom. The average Bonchev–Trinajstić information content (AvgIpc) is 1.85. The van der Waals surface area contributed by atoms with Crippen molar-refractivity contribution >= 4 is 5.97 Å². The summed E-state index contributed by atoms with van der Waals surface area (Å²) in [5.74, 6) is -0.748. The second kappa shape index (κ2) is 2.63. The van der Waals surface area contributed by atoms with Gasteiger partial charge in [-0.25, -0.2) is 4.79 Å². The maximum absolute atomic E-state index is 10.4. The Kier molecular flexibility index (Phi) is 1.82. The van der Waals surface area contributed by atoms with Gasteiger partial charge in [-0.2, -0.15) is 0 Å². The van der Waals surface area contributed by atoms with Crippen LogP contribution in [0.3, 0.4) is 0 Å². The van der Waals surface area contributed by atoms with Crippen LogP contribution in [-0.4, -0.2) is 17.2 Å². The van der Waals surface area contributed by atoms with Crippen LogP contribution in [0.1, 0.15) is 0 Å². The molecule has 0 spiro atoms. The van der Waals surface area contributed by atoms with Crippen molar-refractivity contribution in [1.82, 2.24) is 5.32 Å². The largest absolute Gasteiger partial charge is 0.478 e. The summed E-state index contributed by atoms with van der Waals surface area (Å²) in [6.07, 6.45) is 2.20. The highest BCUT2D eigenvalue weighted by Crippen LogP contribution is 2.04. The number of carboxylic acid groups (broad SMARTS) is 1. The first-order chi connectivity index (χ1) is 5.09. The minimum atomic E-state index is -1.02. The monoisotopic (exact) mass is 155 g/mol. The van der Waals surface area contributed by atoms with Gasteiger partial charge in [0.15, 0.2) is 0 Å². The molecular formula is C6H9N3O2. The quantitative estimate of drug-likeness (QED) is 0.376. The molecule has 0 aromatic rings. The van der Waals surface area contributed by atoms with E-state index in [1.807, 2.05) is 0 Å². The first-order valence-corrected chi connectivity index (χ1v) is 3.04. The summed E-state index contributed by atoms with van der Waals surface area (Å²) in [7, 11) is 0. The van der Waals surface area contributed by atoms with Gasteiger partial charge in [0, 0.05) is 0 Å². The fourth-order valence-corrected chi connectivity index (χ4v) is 0.818. The first-order valence-electron chi connectivity index (χ1n) is 3.04. The Balaban J connectivity index is 2.87. The van der Waals surface area contributed by atoms with E-state index in [9.17, 15) is 4.79 Å². The van der Waals surface area contributed by atoms with E-state index in [4.69, 9.17) is 16.6 Å². The molecule has 6 N–H and O–H groups in total. The highest BCUT2D eigenvalue weighted by atomic mass is 16.4. The lowest BCUT2D eigenvalue weighted by molar-refractivity contribution is -0.132. The number of hydrogen-bond acceptors (Lipinski definition) is 4. The van der Waals surface area contributed by atoms with Gasteiger partial charge in [0.05, 0.1) is 17.6 Å². The molecule has 1 aliphatic heterocycles. The summed E-state index contributed by atoms with van der Waals surface area (Å²) < 4.78 is 0. The summed E-state index contributed by atoms with van der Waals surface area (Å²) in [4.78, 5) is 10.4. The summed E-state index contributed by atoms with van der Waals surface area (Å²) >= 11 is 0. The van der Waals surface area contributed by atoms with Crippen LogP contribution in [0, 0.1) is 0 Å². The Morgan fingerprint density at radius 3 is 2.82 bits per heavy atom. The lowest BCUT2D eigenvalue weighted by Crippen LogP contribution is -2.40. The van der Waals surface area contributed by atoms with Crippen molar-refractivity contribution in [2.75, 3.05) is 0 Å². The van der Waals surface area contributed by atoms with Crippen LogP contribution in [0.15, 0.2) is 23.5 Å². The number of hydrogen-bond donors (Lipinski definition) is 4. The molecule has 1 unspecified atom stereocenters. The maximum Gasteiger partial charge on any atom is 0.335 e. The molecule has 5 nitrogen and oxygen atoms in total. The molecule has 0 aromatic heterocycles. The lowest BCUT2D eigenvalue weighted by Gasteiger charge is -2.16. The third-order valence-electron chi connectivity index (χ3n) is 1.25. The normalized spacial score (nSPS) is 23.2. The highest BCUT2D eigenvalue weighted by molar-refractivity contribution is 5.90. The number of aliphatic carboxylic acids is 1. The third-order valence-corrected chi connectivity index (χ3v) is 1.25. The third kappa shape index (κ3) is 1.71. The Labute approximate surface area is 63.4 Å². The Hall–Kier alpha value is -1.49. The van der Waals surface area contributed by atoms with Gasteiger partial charge in [-0.3, -0.25) is 0 Å². The maximum atomic E-state index is 10.4. The fourth-order valence-electron chi connectivity index (χ4n) is 0.818. The lowest BCUT2D eigenvalue weighted by atomic mass is 10.2. The Bertz CT molecular complexity index is 244. The highest BCUT2D eigenvalue weighted by Gasteiger charge is 2.12. The number of dihydropyridines is 1. The van der Waals surface area contributed by atoms with Crippen LogP contribution >= 0.6 is 0 Å². The zero-order chi connectivity index (χ0) is 8.43. The van der Waals surface area contributed by atoms with E-state index in [1.54, 1.807) is 0 Å². The topological polar surface area (TPSA) is 101 Å². The van der Waals surface area contributed by atoms with Gasteiger partial charge in [0.2, 0.25) is 0 Å². The molecule has 5 heteroatoms. The van der Waals surface area contributed by atoms with Gasteiger partial charge in [-0.1, -0.05) is 0 Å². The fraction of sp³-hybridized carbons (Fsp3) is 0.167. The molecule has 60 valence electrons. The van der Waals surface area contributed by atoms with Gasteiger partial charge in [0.25, 0.3) is 0 Å². The van der Waals surface area contributed by atoms with E-state index >= 15 is 0 Å². The summed E-state index contributed by atoms with van der Waals surface area (Å²) in [6, 6.07) is 0. The number of carbonyl (C=O) groups is 1. The zero-order valence-corrected chi connectivity index (χ0v) is 5.74. The number of nitrogens with two attached hydrogens (primary N) is 2. The van der Waals surface area contributed by atoms with E-state index < -0.39 is 12.1 Å². The smallest absolute Gasteiger partial charge is 0.335 e. The molecule has 1 heterocycles. The van der Waals surface area contributed by atoms with Gasteiger partial charge < -0.3 is 21.9 Å². The van der Waals surface area contributed by atoms with Crippen LogP contribution in [0.25, 0.3) is 0 Å². The average molecular weight is 155 g/mol. The van der Waals surface area contributed by atoms with Crippen molar-refractivity contribution < 1.29 is 9.90 Å². The second-order valence-electron chi connectivity index (χ2n) is 2.20. The van der Waals surface area contributed by atoms with Crippen molar-refractivity contribution in [1.29, 1.82) is 0 Å². The first kappa shape index (κ1) is 7.62. The summed E-state index contributed by atoms with van der Waals surface area (Å²) in [5, 5.41) is 11.2. The summed E-state index contributed by atoms with van der Waals surface area (Å²) in [6.45, 7) is 0. The van der Waals surface area contributed by atoms with Crippen LogP contribution in [0.5, 0.6) is 0 Å². The van der Waals surface area contributed by atoms with Crippen molar-refractivity contribution in [2.45, 2.75) is 6.17 Å². The molecule has 0 fully saturated rings. The minimum absolute atomic E-state index is 0.119. The SMILES string of the molecule is NC1=CC(C(=O)O)=CC(N)N1. The van der Waals surface area contributed by atoms with Crippen LogP contribution in [-0.2, 0) is 4.79 Å². The van der Waals surface area contributed by atoms with E-state index in [2.05, 4.69) is 5.32 Å². The van der Waals surface area contributed by atoms with Crippen molar-refractivity contribution in [3.05, 3.63) is 23.5 Å². The molecule has 0 amide bonds. The Morgan fingerprint density at radius 2 is 2.36 bits per heavy atom. The molecule has 0 bridgehead atoms. The van der Waals surface area contributed by atoms with Crippen LogP contribution in [0.2, 0.25) is 0 Å². The number of nitrogens with one attached hydrogen (secondary N) is 1. The van der Waals surface area contributed by atoms with E-state index in [0.717, 1.165) is 0 Å². The predicted octanol–water partition coefficient (Wildman–Crippen LogP) is -1.31. The van der Waals surface area contributed by atoms with Gasteiger partial charge in [0.1, 0.15) is 0 Å². The standard InChI is InChI=1S/C6H9N3O2/c7-4-1-3(6(10)11)2-5(8)9-4/h1-2,4,9H,7-8H2,(H,10,11). The molecule has 0 aromatic carbocycles. The van der Waals surface area contributed by atoms with E-state index in [-0.39, 0.29) is 11.4 Å². The molecule has 0 saturated heterocycles.